The van der Waals surface area contributed by atoms with E-state index in [4.69, 9.17) is 4.52 Å². The molecular formula is C19H24N6O3S. The molecule has 0 saturated carbocycles. The Morgan fingerprint density at radius 1 is 1.24 bits per heavy atom. The SMILES string of the molecule is Cc1nc(S(=O)(=O)N2CCCC(CCc3noc(-c4ccncc4)n3)C2)cn1C. The first kappa shape index (κ1) is 19.7. The number of hydrogen-bond acceptors (Lipinski definition) is 7. The van der Waals surface area contributed by atoms with Crippen LogP contribution in [-0.2, 0) is 23.5 Å². The predicted molar refractivity (Wildman–Crippen MR) is 105 cm³/mol. The van der Waals surface area contributed by atoms with Gasteiger partial charge in [-0.05, 0) is 44.2 Å². The molecule has 29 heavy (non-hydrogen) atoms. The number of piperidine rings is 1. The van der Waals surface area contributed by atoms with Crippen LogP contribution in [0.5, 0.6) is 0 Å². The lowest BCUT2D eigenvalue weighted by Gasteiger charge is -2.31. The van der Waals surface area contributed by atoms with E-state index in [1.54, 1.807) is 41.4 Å². The second kappa shape index (κ2) is 8.03. The van der Waals surface area contributed by atoms with Crippen LogP contribution in [0.4, 0.5) is 0 Å². The molecule has 0 radical (unpaired) electrons. The van der Waals surface area contributed by atoms with Gasteiger partial charge in [0.05, 0.1) is 0 Å². The van der Waals surface area contributed by atoms with E-state index in [1.807, 2.05) is 12.1 Å². The molecule has 1 saturated heterocycles. The maximum Gasteiger partial charge on any atom is 0.262 e. The number of sulfonamides is 1. The summed E-state index contributed by atoms with van der Waals surface area (Å²) in [6.07, 6.45) is 8.22. The average Bonchev–Trinajstić information content (AvgIpc) is 3.34. The fourth-order valence-electron chi connectivity index (χ4n) is 3.56. The van der Waals surface area contributed by atoms with Crippen molar-refractivity contribution < 1.29 is 12.9 Å². The van der Waals surface area contributed by atoms with Crippen LogP contribution in [0, 0.1) is 12.8 Å². The van der Waals surface area contributed by atoms with Gasteiger partial charge in [-0.2, -0.15) is 9.29 Å². The van der Waals surface area contributed by atoms with Crippen molar-refractivity contribution in [1.82, 2.24) is 29.0 Å². The Balaban J connectivity index is 1.39. The molecule has 0 aliphatic carbocycles. The summed E-state index contributed by atoms with van der Waals surface area (Å²) in [7, 11) is -1.77. The van der Waals surface area contributed by atoms with E-state index in [0.717, 1.165) is 24.8 Å². The molecule has 4 heterocycles. The third kappa shape index (κ3) is 4.23. The Labute approximate surface area is 169 Å². The molecule has 4 rings (SSSR count). The molecular weight excluding hydrogens is 392 g/mol. The maximum atomic E-state index is 12.9. The standard InChI is InChI=1S/C19H24N6O3S/c1-14-21-18(13-24(14)2)29(26,27)25-11-3-4-15(12-25)5-6-17-22-19(28-23-17)16-7-9-20-10-8-16/h7-10,13,15H,3-6,11-12H2,1-2H3. The van der Waals surface area contributed by atoms with E-state index >= 15 is 0 Å². The Morgan fingerprint density at radius 3 is 2.76 bits per heavy atom. The minimum Gasteiger partial charge on any atom is -0.337 e. The Bertz CT molecular complexity index is 1060. The molecule has 0 aromatic carbocycles. The topological polar surface area (TPSA) is 107 Å². The molecule has 154 valence electrons. The summed E-state index contributed by atoms with van der Waals surface area (Å²) in [6.45, 7) is 2.82. The van der Waals surface area contributed by atoms with Crippen molar-refractivity contribution in [1.29, 1.82) is 0 Å². The van der Waals surface area contributed by atoms with E-state index in [-0.39, 0.29) is 10.9 Å². The van der Waals surface area contributed by atoms with Crippen LogP contribution in [0.15, 0.2) is 40.3 Å². The summed E-state index contributed by atoms with van der Waals surface area (Å²) in [5, 5.41) is 4.18. The number of pyridine rings is 1. The number of nitrogens with zero attached hydrogens (tertiary/aromatic N) is 6. The molecule has 0 spiro atoms. The Hall–Kier alpha value is -2.59. The lowest BCUT2D eigenvalue weighted by atomic mass is 9.94. The molecule has 0 bridgehead atoms. The van der Waals surface area contributed by atoms with Crippen molar-refractivity contribution in [2.75, 3.05) is 13.1 Å². The molecule has 3 aromatic rings. The van der Waals surface area contributed by atoms with Gasteiger partial charge >= 0.3 is 0 Å². The van der Waals surface area contributed by atoms with Gasteiger partial charge in [0.1, 0.15) is 5.82 Å². The van der Waals surface area contributed by atoms with Crippen LogP contribution in [-0.4, -0.2) is 50.5 Å². The minimum atomic E-state index is -3.57. The van der Waals surface area contributed by atoms with Gasteiger partial charge in [-0.1, -0.05) is 5.16 Å². The Kier molecular flexibility index (Phi) is 5.46. The highest BCUT2D eigenvalue weighted by Crippen LogP contribution is 2.26. The van der Waals surface area contributed by atoms with Crippen molar-refractivity contribution in [2.45, 2.75) is 37.6 Å². The highest BCUT2D eigenvalue weighted by molar-refractivity contribution is 7.89. The lowest BCUT2D eigenvalue weighted by Crippen LogP contribution is -2.40. The fourth-order valence-corrected chi connectivity index (χ4v) is 5.14. The van der Waals surface area contributed by atoms with Crippen molar-refractivity contribution >= 4 is 10.0 Å². The van der Waals surface area contributed by atoms with Crippen LogP contribution < -0.4 is 0 Å². The predicted octanol–water partition coefficient (Wildman–Crippen LogP) is 2.21. The highest BCUT2D eigenvalue weighted by Gasteiger charge is 2.32. The van der Waals surface area contributed by atoms with Crippen LogP contribution in [0.2, 0.25) is 0 Å². The average molecular weight is 417 g/mol. The smallest absolute Gasteiger partial charge is 0.262 e. The van der Waals surface area contributed by atoms with Gasteiger partial charge in [0.25, 0.3) is 15.9 Å². The second-order valence-electron chi connectivity index (χ2n) is 7.40. The molecule has 1 aliphatic rings. The minimum absolute atomic E-state index is 0.123. The monoisotopic (exact) mass is 416 g/mol. The van der Waals surface area contributed by atoms with Gasteiger partial charge in [0.15, 0.2) is 10.9 Å². The zero-order chi connectivity index (χ0) is 20.4. The quantitative estimate of drug-likeness (QED) is 0.606. The molecule has 3 aromatic heterocycles. The summed E-state index contributed by atoms with van der Waals surface area (Å²) in [6, 6.07) is 3.64. The third-order valence-corrected chi connectivity index (χ3v) is 7.08. The van der Waals surface area contributed by atoms with Crippen LogP contribution in [0.3, 0.4) is 0 Å². The molecule has 9 nitrogen and oxygen atoms in total. The lowest BCUT2D eigenvalue weighted by molar-refractivity contribution is 0.254. The Morgan fingerprint density at radius 2 is 2.03 bits per heavy atom. The van der Waals surface area contributed by atoms with Crippen molar-refractivity contribution in [3.05, 3.63) is 42.4 Å². The first-order valence-corrected chi connectivity index (χ1v) is 11.1. The normalized spacial score (nSPS) is 18.2. The van der Waals surface area contributed by atoms with Crippen LogP contribution in [0.1, 0.15) is 30.9 Å². The van der Waals surface area contributed by atoms with Gasteiger partial charge in [0.2, 0.25) is 0 Å². The molecule has 1 aliphatic heterocycles. The van der Waals surface area contributed by atoms with E-state index < -0.39 is 10.0 Å². The van der Waals surface area contributed by atoms with Crippen LogP contribution >= 0.6 is 0 Å². The summed E-state index contributed by atoms with van der Waals surface area (Å²) >= 11 is 0. The maximum absolute atomic E-state index is 12.9. The first-order valence-electron chi connectivity index (χ1n) is 9.66. The van der Waals surface area contributed by atoms with Gasteiger partial charge in [-0.15, -0.1) is 0 Å². The summed E-state index contributed by atoms with van der Waals surface area (Å²) in [5.41, 5.74) is 0.833. The molecule has 1 fully saturated rings. The number of imidazole rings is 1. The van der Waals surface area contributed by atoms with Gasteiger partial charge in [-0.3, -0.25) is 4.98 Å². The van der Waals surface area contributed by atoms with Gasteiger partial charge in [-0.25, -0.2) is 13.4 Å². The van der Waals surface area contributed by atoms with Crippen LogP contribution in [0.25, 0.3) is 11.5 Å². The second-order valence-corrected chi connectivity index (χ2v) is 9.28. The molecule has 1 atom stereocenters. The summed E-state index contributed by atoms with van der Waals surface area (Å²) in [4.78, 5) is 12.6. The fraction of sp³-hybridized carbons (Fsp3) is 0.474. The van der Waals surface area contributed by atoms with Gasteiger partial charge in [0, 0.05) is 50.7 Å². The zero-order valence-corrected chi connectivity index (χ0v) is 17.3. The van der Waals surface area contributed by atoms with E-state index in [0.29, 0.717) is 37.0 Å². The molecule has 0 N–H and O–H groups in total. The highest BCUT2D eigenvalue weighted by atomic mass is 32.2. The molecule has 0 amide bonds. The molecule has 10 heteroatoms. The molecule has 1 unspecified atom stereocenters. The van der Waals surface area contributed by atoms with Gasteiger partial charge < -0.3 is 9.09 Å². The van der Waals surface area contributed by atoms with E-state index in [2.05, 4.69) is 20.1 Å². The summed E-state index contributed by atoms with van der Waals surface area (Å²) in [5.74, 6) is 2.04. The third-order valence-electron chi connectivity index (χ3n) is 5.34. The van der Waals surface area contributed by atoms with Crippen molar-refractivity contribution in [3.8, 4) is 11.5 Å². The van der Waals surface area contributed by atoms with E-state index in [9.17, 15) is 8.42 Å². The van der Waals surface area contributed by atoms with E-state index in [1.165, 1.54) is 0 Å². The largest absolute Gasteiger partial charge is 0.337 e. The number of aromatic nitrogens is 5. The first-order chi connectivity index (χ1) is 13.9. The zero-order valence-electron chi connectivity index (χ0n) is 16.5. The number of aryl methyl sites for hydroxylation is 3. The number of rotatable bonds is 6. The van der Waals surface area contributed by atoms with Crippen molar-refractivity contribution in [2.24, 2.45) is 13.0 Å². The number of hydrogen-bond donors (Lipinski definition) is 0. The summed E-state index contributed by atoms with van der Waals surface area (Å²) < 4.78 is 34.5. The van der Waals surface area contributed by atoms with Crippen molar-refractivity contribution in [3.63, 3.8) is 0 Å².